The van der Waals surface area contributed by atoms with Crippen molar-refractivity contribution in [3.8, 4) is 17.3 Å². The molecule has 55 heavy (non-hydrogen) atoms. The molecule has 3 amide bonds. The van der Waals surface area contributed by atoms with E-state index in [9.17, 15) is 14.4 Å². The van der Waals surface area contributed by atoms with Crippen molar-refractivity contribution >= 4 is 34.8 Å². The van der Waals surface area contributed by atoms with Gasteiger partial charge in [0.05, 0.1) is 42.0 Å². The summed E-state index contributed by atoms with van der Waals surface area (Å²) in [6.07, 6.45) is 14.1. The maximum atomic E-state index is 13.9. The number of carbonyl (C=O) groups is 3. The lowest BCUT2D eigenvalue weighted by atomic mass is 9.98. The number of aromatic nitrogens is 3. The quantitative estimate of drug-likeness (QED) is 0.173. The van der Waals surface area contributed by atoms with Gasteiger partial charge in [0.1, 0.15) is 6.10 Å². The first-order chi connectivity index (χ1) is 26.9. The van der Waals surface area contributed by atoms with Crippen LogP contribution in [-0.4, -0.2) is 108 Å². The van der Waals surface area contributed by atoms with E-state index >= 15 is 0 Å². The molecule has 1 saturated carbocycles. The molecule has 3 aliphatic rings. The molecule has 13 nitrogen and oxygen atoms in total. The lowest BCUT2D eigenvalue weighted by Crippen LogP contribution is -2.41. The summed E-state index contributed by atoms with van der Waals surface area (Å²) < 4.78 is 11.4. The number of amides is 3. The summed E-state index contributed by atoms with van der Waals surface area (Å²) in [5.74, 6) is -0.974. The molecule has 288 valence electrons. The van der Waals surface area contributed by atoms with E-state index in [1.165, 1.54) is 25.7 Å². The first kappa shape index (κ1) is 37.9. The van der Waals surface area contributed by atoms with Crippen molar-refractivity contribution in [2.75, 3.05) is 75.1 Å². The van der Waals surface area contributed by atoms with Crippen LogP contribution in [0, 0.1) is 0 Å². The molecule has 2 N–H and O–H groups in total. The molecule has 13 heteroatoms. The van der Waals surface area contributed by atoms with Crippen molar-refractivity contribution in [3.05, 3.63) is 89.9 Å². The number of anilines is 3. The molecule has 2 aromatic carbocycles. The van der Waals surface area contributed by atoms with E-state index < -0.39 is 5.91 Å². The van der Waals surface area contributed by atoms with Crippen LogP contribution >= 0.6 is 0 Å². The zero-order valence-corrected chi connectivity index (χ0v) is 31.5. The molecule has 7 rings (SSSR count). The van der Waals surface area contributed by atoms with Crippen molar-refractivity contribution in [3.63, 3.8) is 0 Å². The largest absolute Gasteiger partial charge is 0.460 e. The van der Waals surface area contributed by atoms with E-state index in [-0.39, 0.29) is 17.9 Å². The lowest BCUT2D eigenvalue weighted by Gasteiger charge is -2.29. The monoisotopic (exact) mass is 746 g/mol. The number of nitrogens with one attached hydrogen (secondary N) is 2. The molecule has 2 aliphatic heterocycles. The van der Waals surface area contributed by atoms with Gasteiger partial charge in [0.25, 0.3) is 17.7 Å². The third kappa shape index (κ3) is 10.0. The summed E-state index contributed by atoms with van der Waals surface area (Å²) in [5, 5.41) is 5.91. The van der Waals surface area contributed by atoms with E-state index in [2.05, 4.69) is 35.4 Å². The molecule has 4 aromatic rings. The SMILES string of the molecule is CN(CCN1CCOCC1)C(=O)c1cccc(C(=O)Nc2ccc(N3CCCCC3)cc2C(=O)Nc2ccc(-c3cnc(OC4CCCCC4)nc3)nc2)c1. The second kappa shape index (κ2) is 18.3. The molecule has 0 spiro atoms. The number of hydrogen-bond donors (Lipinski definition) is 2. The van der Waals surface area contributed by atoms with Crippen LogP contribution in [0.4, 0.5) is 17.1 Å². The number of carbonyl (C=O) groups excluding carboxylic acids is 3. The summed E-state index contributed by atoms with van der Waals surface area (Å²) in [5.41, 5.74) is 4.22. The van der Waals surface area contributed by atoms with Crippen molar-refractivity contribution in [2.45, 2.75) is 57.5 Å². The smallest absolute Gasteiger partial charge is 0.316 e. The Hall–Kier alpha value is -5.40. The molecule has 0 unspecified atom stereocenters. The highest BCUT2D eigenvalue weighted by Crippen LogP contribution is 2.28. The van der Waals surface area contributed by atoms with Crippen LogP contribution in [0.5, 0.6) is 6.01 Å². The summed E-state index contributed by atoms with van der Waals surface area (Å²) in [6.45, 7) is 6.21. The maximum absolute atomic E-state index is 13.9. The van der Waals surface area contributed by atoms with Crippen LogP contribution in [0.2, 0.25) is 0 Å². The van der Waals surface area contributed by atoms with Gasteiger partial charge in [0.15, 0.2) is 0 Å². The van der Waals surface area contributed by atoms with Gasteiger partial charge in [0, 0.05) is 81.1 Å². The van der Waals surface area contributed by atoms with Crippen LogP contribution < -0.4 is 20.3 Å². The van der Waals surface area contributed by atoms with Gasteiger partial charge >= 0.3 is 6.01 Å². The zero-order chi connectivity index (χ0) is 38.0. The predicted molar refractivity (Wildman–Crippen MR) is 212 cm³/mol. The highest BCUT2D eigenvalue weighted by atomic mass is 16.5. The molecular weight excluding hydrogens is 697 g/mol. The van der Waals surface area contributed by atoms with Crippen molar-refractivity contribution in [2.24, 2.45) is 0 Å². The molecule has 4 heterocycles. The number of morpholine rings is 1. The number of likely N-dealkylation sites (N-methyl/N-ethyl adjacent to an activating group) is 1. The number of hydrogen-bond acceptors (Lipinski definition) is 10. The minimum atomic E-state index is -0.422. The van der Waals surface area contributed by atoms with Crippen molar-refractivity contribution < 1.29 is 23.9 Å². The Morgan fingerprint density at radius 2 is 1.55 bits per heavy atom. The van der Waals surface area contributed by atoms with Crippen LogP contribution in [0.25, 0.3) is 11.3 Å². The lowest BCUT2D eigenvalue weighted by molar-refractivity contribution is 0.0338. The van der Waals surface area contributed by atoms with Gasteiger partial charge in [-0.3, -0.25) is 24.3 Å². The minimum absolute atomic E-state index is 0.165. The van der Waals surface area contributed by atoms with Crippen molar-refractivity contribution in [1.29, 1.82) is 0 Å². The Morgan fingerprint density at radius 3 is 2.29 bits per heavy atom. The Balaban J connectivity index is 1.03. The number of pyridine rings is 1. The molecule has 2 saturated heterocycles. The topological polar surface area (TPSA) is 142 Å². The average molecular weight is 747 g/mol. The van der Waals surface area contributed by atoms with Crippen LogP contribution in [0.3, 0.4) is 0 Å². The summed E-state index contributed by atoms with van der Waals surface area (Å²) >= 11 is 0. The zero-order valence-electron chi connectivity index (χ0n) is 31.5. The summed E-state index contributed by atoms with van der Waals surface area (Å²) in [6, 6.07) is 16.2. The minimum Gasteiger partial charge on any atom is -0.460 e. The standard InChI is InChI=1S/C42H50N8O5/c1-48(19-20-49-21-23-54-24-22-49)41(53)31-10-8-9-30(25-31)39(51)47-38-16-14-34(50-17-6-3-7-18-50)26-36(38)40(52)46-33-13-15-37(43-29-33)32-27-44-42(45-28-32)55-35-11-4-2-5-12-35/h8-10,13-16,25-29,35H,2-7,11-12,17-24H2,1H3,(H,46,52)(H,47,51). The Kier molecular flexibility index (Phi) is 12.6. The van der Waals surface area contributed by atoms with E-state index in [1.807, 2.05) is 12.1 Å². The molecule has 2 aromatic heterocycles. The van der Waals surface area contributed by atoms with Gasteiger partial charge in [-0.25, -0.2) is 9.97 Å². The van der Waals surface area contributed by atoms with Gasteiger partial charge in [-0.1, -0.05) is 12.5 Å². The average Bonchev–Trinajstić information content (AvgIpc) is 3.24. The van der Waals surface area contributed by atoms with Gasteiger partial charge in [-0.15, -0.1) is 0 Å². The van der Waals surface area contributed by atoms with Crippen molar-refractivity contribution in [1.82, 2.24) is 24.8 Å². The van der Waals surface area contributed by atoms with E-state index in [1.54, 1.807) is 73.0 Å². The molecule has 0 bridgehead atoms. The second-order valence-electron chi connectivity index (χ2n) is 14.5. The van der Waals surface area contributed by atoms with Gasteiger partial charge in [-0.2, -0.15) is 0 Å². The molecule has 0 radical (unpaired) electrons. The first-order valence-electron chi connectivity index (χ1n) is 19.5. The predicted octanol–water partition coefficient (Wildman–Crippen LogP) is 6.15. The fourth-order valence-electron chi connectivity index (χ4n) is 7.28. The Bertz CT molecular complexity index is 1920. The third-order valence-electron chi connectivity index (χ3n) is 10.6. The number of rotatable bonds is 12. The maximum Gasteiger partial charge on any atom is 0.316 e. The fourth-order valence-corrected chi connectivity index (χ4v) is 7.28. The van der Waals surface area contributed by atoms with Gasteiger partial charge in [-0.05, 0) is 93.5 Å². The van der Waals surface area contributed by atoms with Crippen LogP contribution in [-0.2, 0) is 4.74 Å². The second-order valence-corrected chi connectivity index (χ2v) is 14.5. The van der Waals surface area contributed by atoms with E-state index in [0.717, 1.165) is 69.7 Å². The van der Waals surface area contributed by atoms with Gasteiger partial charge < -0.3 is 29.9 Å². The highest BCUT2D eigenvalue weighted by Gasteiger charge is 2.21. The number of piperidine rings is 1. The normalized spacial score (nSPS) is 16.6. The number of benzene rings is 2. The Labute approximate surface area is 322 Å². The molecule has 0 atom stereocenters. The Morgan fingerprint density at radius 1 is 0.800 bits per heavy atom. The number of nitrogens with zero attached hydrogens (tertiary/aromatic N) is 6. The number of ether oxygens (including phenoxy) is 2. The van der Waals surface area contributed by atoms with E-state index in [4.69, 9.17) is 9.47 Å². The summed E-state index contributed by atoms with van der Waals surface area (Å²) in [7, 11) is 1.77. The molecule has 3 fully saturated rings. The molecule has 1 aliphatic carbocycles. The summed E-state index contributed by atoms with van der Waals surface area (Å²) in [4.78, 5) is 60.5. The first-order valence-corrected chi connectivity index (χ1v) is 19.5. The van der Waals surface area contributed by atoms with Gasteiger partial charge in [0.2, 0.25) is 0 Å². The molecular formula is C42H50N8O5. The fraction of sp³-hybridized carbons (Fsp3) is 0.429. The van der Waals surface area contributed by atoms with E-state index in [0.29, 0.717) is 59.5 Å². The third-order valence-corrected chi connectivity index (χ3v) is 10.6. The highest BCUT2D eigenvalue weighted by molar-refractivity contribution is 6.13. The van der Waals surface area contributed by atoms with Crippen LogP contribution in [0.1, 0.15) is 82.4 Å². The van der Waals surface area contributed by atoms with Crippen LogP contribution in [0.15, 0.2) is 73.2 Å².